The molecule has 0 radical (unpaired) electrons. The number of phenolic OH excluding ortho intramolecular Hbond substituents is 1. The van der Waals surface area contributed by atoms with Gasteiger partial charge in [-0.2, -0.15) is 13.5 Å². The molecule has 16 heteroatoms. The molecule has 5 N–H and O–H groups in total. The van der Waals surface area contributed by atoms with E-state index in [0.29, 0.717) is 36.8 Å². The van der Waals surface area contributed by atoms with E-state index in [0.717, 1.165) is 34.4 Å². The van der Waals surface area contributed by atoms with Crippen molar-refractivity contribution in [3.8, 4) is 45.5 Å². The Hall–Kier alpha value is -7.30. The smallest absolute Gasteiger partial charge is 0.295 e. The molecule has 0 aliphatic carbocycles. The standard InChI is InChI=1S/C47H46N6O9S/c1-47(2,22-8-9-23-60-44-27-36(25-38(50-44)32-10-4-3-5-11-32)33-16-20-40-41(26-33)62-30-61-40)52-46(56)39(24-31-14-18-37(54)19-15-31)51-45(55)35-17-21-43(48-28-35)53-49-29-34-12-6-7-13-42(34)63(57,58)59/h3-7,10-21,25-29,39,54H,8-9,22-24,30H2,1-2H3,(H,48,53)(H,51,55)(H,52,56)(H,57,58,59)/b49-29+/t39-/m0/s1. The third kappa shape index (κ3) is 12.0. The lowest BCUT2D eigenvalue weighted by Gasteiger charge is -2.29. The fourth-order valence-electron chi connectivity index (χ4n) is 6.81. The topological polar surface area (TPSA) is 211 Å². The molecule has 1 aliphatic rings. The SMILES string of the molecule is CC(C)(CCCCOc1cc(-c2ccc3c(c2)OCO3)cc(-c2ccccc2)n1)NC(=O)[C@H](Cc1ccc(O)cc1)NC(=O)c1ccc(N/N=C/c2ccccc2S(=O)(=O)O)nc1. The number of pyridine rings is 2. The number of aromatic hydroxyl groups is 1. The van der Waals surface area contributed by atoms with Crippen molar-refractivity contribution in [3.63, 3.8) is 0 Å². The quantitative estimate of drug-likeness (QED) is 0.0247. The second-order valence-corrected chi connectivity index (χ2v) is 16.8. The molecule has 4 aromatic carbocycles. The zero-order valence-corrected chi connectivity index (χ0v) is 35.3. The van der Waals surface area contributed by atoms with E-state index in [1.165, 1.54) is 54.9 Å². The second kappa shape index (κ2) is 19.6. The lowest BCUT2D eigenvalue weighted by Crippen LogP contribution is -2.54. The molecule has 0 saturated carbocycles. The minimum Gasteiger partial charge on any atom is -0.508 e. The third-order valence-electron chi connectivity index (χ3n) is 10.1. The van der Waals surface area contributed by atoms with Gasteiger partial charge in [0.15, 0.2) is 11.5 Å². The minimum atomic E-state index is -4.46. The number of hydrogen-bond donors (Lipinski definition) is 5. The monoisotopic (exact) mass is 870 g/mol. The molecule has 3 heterocycles. The van der Waals surface area contributed by atoms with Gasteiger partial charge in [-0.3, -0.25) is 19.6 Å². The Morgan fingerprint density at radius 3 is 2.40 bits per heavy atom. The van der Waals surface area contributed by atoms with E-state index in [-0.39, 0.29) is 46.7 Å². The zero-order chi connectivity index (χ0) is 44.4. The maximum Gasteiger partial charge on any atom is 0.295 e. The number of nitrogens with zero attached hydrogens (tertiary/aromatic N) is 3. The van der Waals surface area contributed by atoms with Crippen LogP contribution in [0, 0.1) is 0 Å². The van der Waals surface area contributed by atoms with Crippen molar-refractivity contribution < 1.29 is 41.9 Å². The van der Waals surface area contributed by atoms with E-state index in [1.807, 2.05) is 74.5 Å². The molecule has 0 fully saturated rings. The molecule has 0 unspecified atom stereocenters. The molecule has 6 aromatic rings. The zero-order valence-electron chi connectivity index (χ0n) is 34.5. The average Bonchev–Trinajstić information content (AvgIpc) is 3.75. The average molecular weight is 871 g/mol. The number of rotatable bonds is 18. The summed E-state index contributed by atoms with van der Waals surface area (Å²) in [7, 11) is -4.46. The molecule has 0 bridgehead atoms. The van der Waals surface area contributed by atoms with Crippen LogP contribution in [-0.2, 0) is 21.3 Å². The number of phenols is 1. The highest BCUT2D eigenvalue weighted by molar-refractivity contribution is 7.86. The third-order valence-corrected chi connectivity index (χ3v) is 11.0. The summed E-state index contributed by atoms with van der Waals surface area (Å²) >= 11 is 0. The maximum atomic E-state index is 13.9. The van der Waals surface area contributed by atoms with Crippen molar-refractivity contribution in [1.29, 1.82) is 0 Å². The number of amides is 2. The molecule has 7 rings (SSSR count). The van der Waals surface area contributed by atoms with Crippen LogP contribution in [0.5, 0.6) is 23.1 Å². The van der Waals surface area contributed by atoms with Gasteiger partial charge >= 0.3 is 0 Å². The van der Waals surface area contributed by atoms with Crippen LogP contribution in [0.1, 0.15) is 54.6 Å². The number of hydrogen-bond acceptors (Lipinski definition) is 12. The lowest BCUT2D eigenvalue weighted by molar-refractivity contribution is -0.124. The first kappa shape index (κ1) is 43.8. The molecule has 2 aromatic heterocycles. The van der Waals surface area contributed by atoms with Gasteiger partial charge in [0.25, 0.3) is 16.0 Å². The van der Waals surface area contributed by atoms with Gasteiger partial charge in [0.2, 0.25) is 18.6 Å². The van der Waals surface area contributed by atoms with Gasteiger partial charge in [0, 0.05) is 35.3 Å². The van der Waals surface area contributed by atoms with E-state index in [1.54, 1.807) is 18.2 Å². The Morgan fingerprint density at radius 1 is 0.873 bits per heavy atom. The van der Waals surface area contributed by atoms with Crippen LogP contribution >= 0.6 is 0 Å². The Bertz CT molecular complexity index is 2700. The van der Waals surface area contributed by atoms with Gasteiger partial charge in [-0.25, -0.2) is 9.97 Å². The van der Waals surface area contributed by atoms with Crippen LogP contribution in [0.15, 0.2) is 138 Å². The Balaban J connectivity index is 0.954. The predicted octanol–water partition coefficient (Wildman–Crippen LogP) is 7.42. The van der Waals surface area contributed by atoms with Gasteiger partial charge in [-0.1, -0.05) is 66.7 Å². The number of ether oxygens (including phenoxy) is 3. The van der Waals surface area contributed by atoms with Gasteiger partial charge in [0.05, 0.1) is 24.1 Å². The fraction of sp³-hybridized carbons (Fsp3) is 0.213. The van der Waals surface area contributed by atoms with Crippen LogP contribution in [0.25, 0.3) is 22.4 Å². The largest absolute Gasteiger partial charge is 0.508 e. The molecule has 63 heavy (non-hydrogen) atoms. The molecule has 1 aliphatic heterocycles. The molecular formula is C47H46N6O9S. The molecule has 15 nitrogen and oxygen atoms in total. The van der Waals surface area contributed by atoms with Crippen molar-refractivity contribution >= 4 is 34.0 Å². The number of benzene rings is 4. The van der Waals surface area contributed by atoms with Gasteiger partial charge < -0.3 is 30.0 Å². The predicted molar refractivity (Wildman–Crippen MR) is 238 cm³/mol. The first-order valence-electron chi connectivity index (χ1n) is 20.1. The number of carbonyl (C=O) groups is 2. The highest BCUT2D eigenvalue weighted by Crippen LogP contribution is 2.37. The molecule has 1 atom stereocenters. The number of nitrogens with one attached hydrogen (secondary N) is 3. The van der Waals surface area contributed by atoms with Crippen LogP contribution in [0.3, 0.4) is 0 Å². The first-order valence-corrected chi connectivity index (χ1v) is 21.6. The highest BCUT2D eigenvalue weighted by Gasteiger charge is 2.28. The van der Waals surface area contributed by atoms with Crippen LogP contribution in [0.4, 0.5) is 5.82 Å². The number of carbonyl (C=O) groups excluding carboxylic acids is 2. The fourth-order valence-corrected chi connectivity index (χ4v) is 7.48. The van der Waals surface area contributed by atoms with E-state index >= 15 is 0 Å². The summed E-state index contributed by atoms with van der Waals surface area (Å²) in [6, 6.07) is 33.9. The Kier molecular flexibility index (Phi) is 13.6. The summed E-state index contributed by atoms with van der Waals surface area (Å²) < 4.78 is 50.2. The number of unbranched alkanes of at least 4 members (excludes halogenated alkanes) is 1. The highest BCUT2D eigenvalue weighted by atomic mass is 32.2. The Labute approximate surface area is 364 Å². The normalized spacial score (nSPS) is 12.7. The number of fused-ring (bicyclic) bond motifs is 1. The van der Waals surface area contributed by atoms with Crippen molar-refractivity contribution in [2.24, 2.45) is 5.10 Å². The molecule has 0 spiro atoms. The lowest BCUT2D eigenvalue weighted by atomic mass is 9.96. The van der Waals surface area contributed by atoms with E-state index in [4.69, 9.17) is 19.2 Å². The van der Waals surface area contributed by atoms with Gasteiger partial charge in [-0.05, 0) is 98.3 Å². The van der Waals surface area contributed by atoms with Crippen LogP contribution in [0.2, 0.25) is 0 Å². The first-order chi connectivity index (χ1) is 30.3. The summed E-state index contributed by atoms with van der Waals surface area (Å²) in [6.45, 7) is 4.43. The Morgan fingerprint density at radius 2 is 1.63 bits per heavy atom. The maximum absolute atomic E-state index is 13.9. The van der Waals surface area contributed by atoms with Crippen molar-refractivity contribution in [2.75, 3.05) is 18.8 Å². The van der Waals surface area contributed by atoms with E-state index < -0.39 is 27.6 Å². The molecule has 324 valence electrons. The molecular weight excluding hydrogens is 825 g/mol. The van der Waals surface area contributed by atoms with E-state index in [2.05, 4.69) is 26.1 Å². The van der Waals surface area contributed by atoms with Crippen molar-refractivity contribution in [1.82, 2.24) is 20.6 Å². The number of anilines is 1. The summed E-state index contributed by atoms with van der Waals surface area (Å²) in [4.78, 5) is 36.1. The summed E-state index contributed by atoms with van der Waals surface area (Å²) in [5.74, 6) is 1.27. The van der Waals surface area contributed by atoms with Crippen LogP contribution < -0.4 is 30.3 Å². The van der Waals surface area contributed by atoms with E-state index in [9.17, 15) is 27.7 Å². The van der Waals surface area contributed by atoms with Crippen LogP contribution in [-0.4, -0.2) is 71.1 Å². The minimum absolute atomic E-state index is 0.0745. The number of hydrazone groups is 1. The molecule has 2 amide bonds. The molecule has 0 saturated heterocycles. The second-order valence-electron chi connectivity index (χ2n) is 15.4. The summed E-state index contributed by atoms with van der Waals surface area (Å²) in [5, 5.41) is 19.8. The van der Waals surface area contributed by atoms with Crippen molar-refractivity contribution in [3.05, 3.63) is 144 Å². The van der Waals surface area contributed by atoms with Crippen molar-refractivity contribution in [2.45, 2.75) is 56.0 Å². The summed E-state index contributed by atoms with van der Waals surface area (Å²) in [6.07, 6.45) is 4.70. The number of aromatic nitrogens is 2. The van der Waals surface area contributed by atoms with Gasteiger partial charge in [-0.15, -0.1) is 0 Å². The summed E-state index contributed by atoms with van der Waals surface area (Å²) in [5.41, 5.74) is 6.66. The van der Waals surface area contributed by atoms with Gasteiger partial charge in [0.1, 0.15) is 22.5 Å².